The molecule has 86 valence electrons. The zero-order valence-corrected chi connectivity index (χ0v) is 9.66. The molecule has 3 nitrogen and oxygen atoms in total. The number of amides is 1. The molecule has 0 radical (unpaired) electrons. The lowest BCUT2D eigenvalue weighted by molar-refractivity contribution is -0.119. The van der Waals surface area contributed by atoms with E-state index in [4.69, 9.17) is 0 Å². The van der Waals surface area contributed by atoms with Crippen LogP contribution in [0.1, 0.15) is 25.3 Å². The highest BCUT2D eigenvalue weighted by molar-refractivity contribution is 5.94. The third-order valence-corrected chi connectivity index (χ3v) is 3.15. The largest absolute Gasteiger partial charge is 0.506 e. The first-order chi connectivity index (χ1) is 7.58. The van der Waals surface area contributed by atoms with Crippen molar-refractivity contribution in [3.8, 4) is 5.75 Å². The molecule has 1 amide bonds. The van der Waals surface area contributed by atoms with Crippen LogP contribution in [0.4, 0.5) is 5.69 Å². The van der Waals surface area contributed by atoms with Crippen LogP contribution in [0.3, 0.4) is 0 Å². The Kier molecular flexibility index (Phi) is 2.86. The van der Waals surface area contributed by atoms with Gasteiger partial charge in [0.1, 0.15) is 5.75 Å². The molecule has 0 spiro atoms. The van der Waals surface area contributed by atoms with Crippen LogP contribution in [0, 0.1) is 18.8 Å². The van der Waals surface area contributed by atoms with Crippen molar-refractivity contribution in [2.24, 2.45) is 11.8 Å². The predicted molar refractivity (Wildman–Crippen MR) is 63.4 cm³/mol. The number of anilines is 1. The molecule has 1 aromatic carbocycles. The third-order valence-electron chi connectivity index (χ3n) is 3.15. The van der Waals surface area contributed by atoms with Gasteiger partial charge in [0.25, 0.3) is 0 Å². The lowest BCUT2D eigenvalue weighted by Gasteiger charge is -2.12. The summed E-state index contributed by atoms with van der Waals surface area (Å²) in [4.78, 5) is 11.8. The van der Waals surface area contributed by atoms with Crippen molar-refractivity contribution in [1.29, 1.82) is 0 Å². The second-order valence-electron chi connectivity index (χ2n) is 4.64. The molecule has 2 rings (SSSR count). The van der Waals surface area contributed by atoms with Gasteiger partial charge in [-0.25, -0.2) is 0 Å². The van der Waals surface area contributed by atoms with Crippen LogP contribution < -0.4 is 5.32 Å². The van der Waals surface area contributed by atoms with Crippen LogP contribution in [0.5, 0.6) is 5.75 Å². The number of nitrogens with one attached hydrogen (secondary N) is 1. The Bertz CT molecular complexity index is 410. The van der Waals surface area contributed by atoms with E-state index in [2.05, 4.69) is 5.32 Å². The van der Waals surface area contributed by atoms with Gasteiger partial charge in [0.05, 0.1) is 5.69 Å². The van der Waals surface area contributed by atoms with Crippen LogP contribution in [0.25, 0.3) is 0 Å². The minimum atomic E-state index is 0.00153. The molecule has 0 saturated heterocycles. The summed E-state index contributed by atoms with van der Waals surface area (Å²) >= 11 is 0. The molecule has 1 unspecified atom stereocenters. The molecule has 1 aliphatic carbocycles. The van der Waals surface area contributed by atoms with Gasteiger partial charge in [0.2, 0.25) is 5.91 Å². The van der Waals surface area contributed by atoms with Crippen LogP contribution in [0.15, 0.2) is 18.2 Å². The first kappa shape index (κ1) is 11.0. The average Bonchev–Trinajstić information content (AvgIpc) is 3.04. The number of benzene rings is 1. The van der Waals surface area contributed by atoms with Crippen LogP contribution in [-0.4, -0.2) is 11.0 Å². The van der Waals surface area contributed by atoms with E-state index in [0.29, 0.717) is 11.6 Å². The fourth-order valence-corrected chi connectivity index (χ4v) is 1.80. The normalized spacial score (nSPS) is 16.9. The zero-order chi connectivity index (χ0) is 11.7. The Morgan fingerprint density at radius 3 is 2.75 bits per heavy atom. The highest BCUT2D eigenvalue weighted by Gasteiger charge is 2.32. The third kappa shape index (κ3) is 2.35. The molecule has 2 N–H and O–H groups in total. The van der Waals surface area contributed by atoms with Gasteiger partial charge < -0.3 is 10.4 Å². The summed E-state index contributed by atoms with van der Waals surface area (Å²) in [5.74, 6) is 0.714. The summed E-state index contributed by atoms with van der Waals surface area (Å²) in [7, 11) is 0. The Hall–Kier alpha value is -1.51. The Morgan fingerprint density at radius 2 is 2.19 bits per heavy atom. The van der Waals surface area contributed by atoms with Gasteiger partial charge >= 0.3 is 0 Å². The summed E-state index contributed by atoms with van der Waals surface area (Å²) in [6, 6.07) is 5.26. The number of aromatic hydroxyl groups is 1. The predicted octanol–water partition coefficient (Wildman–Crippen LogP) is 2.69. The average molecular weight is 219 g/mol. The molecule has 1 atom stereocenters. The Morgan fingerprint density at radius 1 is 1.50 bits per heavy atom. The first-order valence-corrected chi connectivity index (χ1v) is 5.68. The highest BCUT2D eigenvalue weighted by atomic mass is 16.3. The van der Waals surface area contributed by atoms with Crippen molar-refractivity contribution >= 4 is 11.6 Å². The number of phenolic OH excluding ortho intramolecular Hbond substituents is 1. The molecular formula is C13H17NO2. The molecule has 1 aliphatic rings. The lowest BCUT2D eigenvalue weighted by Crippen LogP contribution is -2.21. The molecule has 0 heterocycles. The quantitative estimate of drug-likeness (QED) is 0.768. The van der Waals surface area contributed by atoms with E-state index in [1.165, 1.54) is 0 Å². The molecule has 1 fully saturated rings. The van der Waals surface area contributed by atoms with E-state index in [1.54, 1.807) is 12.1 Å². The molecule has 1 aromatic rings. The number of carbonyl (C=O) groups is 1. The van der Waals surface area contributed by atoms with E-state index < -0.39 is 0 Å². The van der Waals surface area contributed by atoms with Crippen molar-refractivity contribution in [1.82, 2.24) is 0 Å². The van der Waals surface area contributed by atoms with E-state index in [1.807, 2.05) is 19.9 Å². The molecule has 0 bridgehead atoms. The van der Waals surface area contributed by atoms with E-state index >= 15 is 0 Å². The number of hydrogen-bond acceptors (Lipinski definition) is 2. The summed E-state index contributed by atoms with van der Waals surface area (Å²) in [6.07, 6.45) is 2.29. The molecular weight excluding hydrogens is 202 g/mol. The second kappa shape index (κ2) is 4.16. The molecule has 16 heavy (non-hydrogen) atoms. The molecule has 3 heteroatoms. The van der Waals surface area contributed by atoms with Gasteiger partial charge in [-0.05, 0) is 43.4 Å². The Balaban J connectivity index is 2.05. The molecule has 0 aliphatic heterocycles. The number of phenols is 1. The summed E-state index contributed by atoms with van der Waals surface area (Å²) in [6.45, 7) is 3.84. The van der Waals surface area contributed by atoms with E-state index in [9.17, 15) is 9.90 Å². The maximum Gasteiger partial charge on any atom is 0.227 e. The first-order valence-electron chi connectivity index (χ1n) is 5.68. The topological polar surface area (TPSA) is 49.3 Å². The monoisotopic (exact) mass is 219 g/mol. The smallest absolute Gasteiger partial charge is 0.227 e. The fraction of sp³-hybridized carbons (Fsp3) is 0.462. The summed E-state index contributed by atoms with van der Waals surface area (Å²) in [5.41, 5.74) is 1.48. The van der Waals surface area contributed by atoms with E-state index in [-0.39, 0.29) is 17.6 Å². The van der Waals surface area contributed by atoms with Gasteiger partial charge in [-0.2, -0.15) is 0 Å². The van der Waals surface area contributed by atoms with Crippen molar-refractivity contribution in [3.05, 3.63) is 23.8 Å². The summed E-state index contributed by atoms with van der Waals surface area (Å²) < 4.78 is 0. The SMILES string of the molecule is Cc1ccc(NC(=O)C(C)C2CC2)c(O)c1. The van der Waals surface area contributed by atoms with Crippen LogP contribution in [-0.2, 0) is 4.79 Å². The van der Waals surface area contributed by atoms with Crippen LogP contribution >= 0.6 is 0 Å². The van der Waals surface area contributed by atoms with Crippen molar-refractivity contribution in [2.75, 3.05) is 5.32 Å². The maximum absolute atomic E-state index is 11.8. The van der Waals surface area contributed by atoms with Gasteiger partial charge in [0.15, 0.2) is 0 Å². The van der Waals surface area contributed by atoms with E-state index in [0.717, 1.165) is 18.4 Å². The molecule has 1 saturated carbocycles. The maximum atomic E-state index is 11.8. The number of rotatable bonds is 3. The van der Waals surface area contributed by atoms with Gasteiger partial charge in [-0.1, -0.05) is 13.0 Å². The van der Waals surface area contributed by atoms with Gasteiger partial charge in [-0.15, -0.1) is 0 Å². The standard InChI is InChI=1S/C13H17NO2/c1-8-3-6-11(12(15)7-8)14-13(16)9(2)10-4-5-10/h3,6-7,9-10,15H,4-5H2,1-2H3,(H,14,16). The van der Waals surface area contributed by atoms with Gasteiger partial charge in [0, 0.05) is 5.92 Å². The summed E-state index contributed by atoms with van der Waals surface area (Å²) in [5, 5.41) is 12.4. The van der Waals surface area contributed by atoms with Gasteiger partial charge in [-0.3, -0.25) is 4.79 Å². The van der Waals surface area contributed by atoms with Crippen LogP contribution in [0.2, 0.25) is 0 Å². The number of carbonyl (C=O) groups excluding carboxylic acids is 1. The lowest BCUT2D eigenvalue weighted by atomic mass is 10.1. The zero-order valence-electron chi connectivity index (χ0n) is 9.66. The van der Waals surface area contributed by atoms with Crippen molar-refractivity contribution in [3.63, 3.8) is 0 Å². The second-order valence-corrected chi connectivity index (χ2v) is 4.64. The minimum absolute atomic E-state index is 0.00153. The van der Waals surface area contributed by atoms with Crippen molar-refractivity contribution < 1.29 is 9.90 Å². The highest BCUT2D eigenvalue weighted by Crippen LogP contribution is 2.37. The van der Waals surface area contributed by atoms with Crippen molar-refractivity contribution in [2.45, 2.75) is 26.7 Å². The molecule has 0 aromatic heterocycles. The number of hydrogen-bond donors (Lipinski definition) is 2. The minimum Gasteiger partial charge on any atom is -0.506 e. The number of aryl methyl sites for hydroxylation is 1. The Labute approximate surface area is 95.5 Å². The fourth-order valence-electron chi connectivity index (χ4n) is 1.80.